The normalized spacial score (nSPS) is 22.8. The van der Waals surface area contributed by atoms with Crippen molar-refractivity contribution in [1.29, 1.82) is 0 Å². The van der Waals surface area contributed by atoms with Gasteiger partial charge in [0.2, 0.25) is 0 Å². The molecule has 1 fully saturated rings. The third-order valence-electron chi connectivity index (χ3n) is 4.61. The van der Waals surface area contributed by atoms with Crippen LogP contribution in [0.4, 0.5) is 4.79 Å². The Morgan fingerprint density at radius 2 is 1.82 bits per heavy atom. The highest BCUT2D eigenvalue weighted by molar-refractivity contribution is 5.57. The highest BCUT2D eigenvalue weighted by Gasteiger charge is 2.29. The minimum absolute atomic E-state index is 0.119. The SMILES string of the molecule is CCOc1ccc(C(CC)C2CCC(OC(=O)O)CC2)cc1. The van der Waals surface area contributed by atoms with Crippen molar-refractivity contribution in [3.63, 3.8) is 0 Å². The molecule has 1 atom stereocenters. The van der Waals surface area contributed by atoms with Crippen molar-refractivity contribution in [2.75, 3.05) is 6.61 Å². The van der Waals surface area contributed by atoms with E-state index in [1.165, 1.54) is 5.56 Å². The van der Waals surface area contributed by atoms with E-state index in [9.17, 15) is 4.79 Å². The van der Waals surface area contributed by atoms with Gasteiger partial charge >= 0.3 is 6.16 Å². The van der Waals surface area contributed by atoms with Gasteiger partial charge in [-0.15, -0.1) is 0 Å². The van der Waals surface area contributed by atoms with Gasteiger partial charge in [0, 0.05) is 0 Å². The highest BCUT2D eigenvalue weighted by atomic mass is 16.7. The largest absolute Gasteiger partial charge is 0.506 e. The number of hydrogen-bond acceptors (Lipinski definition) is 3. The molecule has 2 rings (SSSR count). The molecule has 22 heavy (non-hydrogen) atoms. The molecule has 0 heterocycles. The van der Waals surface area contributed by atoms with Gasteiger partial charge in [-0.1, -0.05) is 19.1 Å². The lowest BCUT2D eigenvalue weighted by Crippen LogP contribution is -2.26. The molecule has 0 amide bonds. The minimum atomic E-state index is -1.15. The quantitative estimate of drug-likeness (QED) is 0.765. The van der Waals surface area contributed by atoms with Gasteiger partial charge in [-0.2, -0.15) is 0 Å². The molecular weight excluding hydrogens is 280 g/mol. The highest BCUT2D eigenvalue weighted by Crippen LogP contribution is 2.39. The summed E-state index contributed by atoms with van der Waals surface area (Å²) < 4.78 is 10.4. The second kappa shape index (κ2) is 8.06. The molecule has 1 aromatic rings. The zero-order valence-electron chi connectivity index (χ0n) is 13.5. The predicted octanol–water partition coefficient (Wildman–Crippen LogP) is 4.83. The van der Waals surface area contributed by atoms with Gasteiger partial charge in [0.25, 0.3) is 0 Å². The fourth-order valence-corrected chi connectivity index (χ4v) is 3.57. The van der Waals surface area contributed by atoms with Gasteiger partial charge in [0.05, 0.1) is 6.61 Å². The average molecular weight is 306 g/mol. The minimum Gasteiger partial charge on any atom is -0.494 e. The van der Waals surface area contributed by atoms with Gasteiger partial charge in [0.1, 0.15) is 11.9 Å². The van der Waals surface area contributed by atoms with Crippen LogP contribution in [0.3, 0.4) is 0 Å². The maximum atomic E-state index is 10.6. The van der Waals surface area contributed by atoms with Crippen molar-refractivity contribution in [1.82, 2.24) is 0 Å². The lowest BCUT2D eigenvalue weighted by atomic mass is 9.75. The fourth-order valence-electron chi connectivity index (χ4n) is 3.57. The first kappa shape index (κ1) is 16.7. The predicted molar refractivity (Wildman–Crippen MR) is 85.5 cm³/mol. The van der Waals surface area contributed by atoms with E-state index in [1.54, 1.807) is 0 Å². The van der Waals surface area contributed by atoms with Gasteiger partial charge in [-0.3, -0.25) is 0 Å². The van der Waals surface area contributed by atoms with Crippen LogP contribution < -0.4 is 4.74 Å². The van der Waals surface area contributed by atoms with Crippen molar-refractivity contribution < 1.29 is 19.4 Å². The first-order valence-corrected chi connectivity index (χ1v) is 8.26. The lowest BCUT2D eigenvalue weighted by molar-refractivity contribution is 0.0259. The van der Waals surface area contributed by atoms with Crippen molar-refractivity contribution in [3.8, 4) is 5.75 Å². The standard InChI is InChI=1S/C18H26O4/c1-3-17(13-5-9-15(10-6-13)21-4-2)14-7-11-16(12-8-14)22-18(19)20/h5-6,9-10,14,16-17H,3-4,7-8,11-12H2,1-2H3,(H,19,20). The summed E-state index contributed by atoms with van der Waals surface area (Å²) in [6.45, 7) is 4.89. The number of carbonyl (C=O) groups is 1. The Labute approximate surface area is 132 Å². The lowest BCUT2D eigenvalue weighted by Gasteiger charge is -2.33. The fraction of sp³-hybridized carbons (Fsp3) is 0.611. The monoisotopic (exact) mass is 306 g/mol. The van der Waals surface area contributed by atoms with E-state index in [0.29, 0.717) is 18.4 Å². The smallest absolute Gasteiger partial charge is 0.494 e. The molecule has 1 aliphatic rings. The first-order chi connectivity index (χ1) is 10.6. The summed E-state index contributed by atoms with van der Waals surface area (Å²) in [7, 11) is 0. The van der Waals surface area contributed by atoms with Crippen molar-refractivity contribution in [2.24, 2.45) is 5.92 Å². The van der Waals surface area contributed by atoms with Crippen LogP contribution in [0.2, 0.25) is 0 Å². The van der Waals surface area contributed by atoms with Gasteiger partial charge < -0.3 is 14.6 Å². The summed E-state index contributed by atoms with van der Waals surface area (Å²) in [5.41, 5.74) is 1.36. The molecule has 0 aliphatic heterocycles. The van der Waals surface area contributed by atoms with E-state index in [4.69, 9.17) is 14.6 Å². The zero-order chi connectivity index (χ0) is 15.9. The zero-order valence-corrected chi connectivity index (χ0v) is 13.5. The van der Waals surface area contributed by atoms with Crippen molar-refractivity contribution in [3.05, 3.63) is 29.8 Å². The van der Waals surface area contributed by atoms with Crippen LogP contribution >= 0.6 is 0 Å². The molecule has 0 saturated heterocycles. The van der Waals surface area contributed by atoms with Crippen LogP contribution in [-0.4, -0.2) is 24.0 Å². The van der Waals surface area contributed by atoms with Crippen LogP contribution in [-0.2, 0) is 4.74 Å². The van der Waals surface area contributed by atoms with Crippen LogP contribution in [0.25, 0.3) is 0 Å². The Kier molecular flexibility index (Phi) is 6.10. The molecule has 1 unspecified atom stereocenters. The Morgan fingerprint density at radius 3 is 2.32 bits per heavy atom. The van der Waals surface area contributed by atoms with Crippen LogP contribution in [0.5, 0.6) is 5.75 Å². The number of benzene rings is 1. The van der Waals surface area contributed by atoms with Gasteiger partial charge in [-0.25, -0.2) is 4.79 Å². The molecule has 1 aromatic carbocycles. The molecular formula is C18H26O4. The average Bonchev–Trinajstić information content (AvgIpc) is 2.51. The van der Waals surface area contributed by atoms with Crippen molar-refractivity contribution in [2.45, 2.75) is 58.0 Å². The Hall–Kier alpha value is -1.71. The van der Waals surface area contributed by atoms with E-state index in [2.05, 4.69) is 19.1 Å². The van der Waals surface area contributed by atoms with Gasteiger partial charge in [0.15, 0.2) is 0 Å². The maximum Gasteiger partial charge on any atom is 0.506 e. The van der Waals surface area contributed by atoms with E-state index in [-0.39, 0.29) is 6.10 Å². The van der Waals surface area contributed by atoms with Gasteiger partial charge in [-0.05, 0) is 68.6 Å². The van der Waals surface area contributed by atoms with E-state index < -0.39 is 6.16 Å². The molecule has 1 N–H and O–H groups in total. The molecule has 0 bridgehead atoms. The van der Waals surface area contributed by atoms with E-state index in [1.807, 2.05) is 19.1 Å². The first-order valence-electron chi connectivity index (χ1n) is 8.26. The second-order valence-electron chi connectivity index (χ2n) is 5.94. The number of ether oxygens (including phenoxy) is 2. The molecule has 122 valence electrons. The molecule has 0 radical (unpaired) electrons. The summed E-state index contributed by atoms with van der Waals surface area (Å²) in [6, 6.07) is 8.42. The Bertz CT molecular complexity index is 460. The molecule has 4 heteroatoms. The van der Waals surface area contributed by atoms with Crippen LogP contribution in [0, 0.1) is 5.92 Å². The number of hydrogen-bond donors (Lipinski definition) is 1. The molecule has 0 spiro atoms. The maximum absolute atomic E-state index is 10.6. The summed E-state index contributed by atoms with van der Waals surface area (Å²) >= 11 is 0. The summed E-state index contributed by atoms with van der Waals surface area (Å²) in [6.07, 6.45) is 3.57. The van der Waals surface area contributed by atoms with E-state index >= 15 is 0 Å². The Balaban J connectivity index is 1.95. The topological polar surface area (TPSA) is 55.8 Å². The second-order valence-corrected chi connectivity index (χ2v) is 5.94. The van der Waals surface area contributed by atoms with Crippen LogP contribution in [0.1, 0.15) is 57.4 Å². The summed E-state index contributed by atoms with van der Waals surface area (Å²) in [5.74, 6) is 2.05. The number of rotatable bonds is 6. The molecule has 1 saturated carbocycles. The molecule has 4 nitrogen and oxygen atoms in total. The molecule has 1 aliphatic carbocycles. The van der Waals surface area contributed by atoms with E-state index in [0.717, 1.165) is 37.9 Å². The summed E-state index contributed by atoms with van der Waals surface area (Å²) in [4.78, 5) is 10.6. The number of carboxylic acid groups (broad SMARTS) is 1. The third-order valence-corrected chi connectivity index (χ3v) is 4.61. The van der Waals surface area contributed by atoms with Crippen molar-refractivity contribution >= 4 is 6.16 Å². The summed E-state index contributed by atoms with van der Waals surface area (Å²) in [5, 5.41) is 8.70. The third kappa shape index (κ3) is 4.39. The molecule has 0 aromatic heterocycles. The van der Waals surface area contributed by atoms with Crippen LogP contribution in [0.15, 0.2) is 24.3 Å². The Morgan fingerprint density at radius 1 is 1.18 bits per heavy atom.